The van der Waals surface area contributed by atoms with E-state index in [1.165, 1.54) is 19.2 Å². The van der Waals surface area contributed by atoms with Crippen molar-refractivity contribution < 1.29 is 19.2 Å². The third kappa shape index (κ3) is 3.44. The minimum absolute atomic E-state index is 0.161. The summed E-state index contributed by atoms with van der Waals surface area (Å²) in [5.74, 6) is 0.743. The molecule has 0 unspecified atom stereocenters. The fourth-order valence-electron chi connectivity index (χ4n) is 1.46. The van der Waals surface area contributed by atoms with E-state index in [-0.39, 0.29) is 11.3 Å². The number of rotatable bonds is 5. The summed E-state index contributed by atoms with van der Waals surface area (Å²) in [5.41, 5.74) is 0.0475. The van der Waals surface area contributed by atoms with Crippen molar-refractivity contribution in [3.05, 3.63) is 27.8 Å². The van der Waals surface area contributed by atoms with Crippen LogP contribution in [-0.2, 0) is 6.61 Å². The first-order chi connectivity index (χ1) is 8.28. The molecule has 7 heteroatoms. The van der Waals surface area contributed by atoms with Crippen LogP contribution in [0.25, 0.3) is 0 Å². The van der Waals surface area contributed by atoms with E-state index in [0.29, 0.717) is 11.5 Å². The van der Waals surface area contributed by atoms with Crippen LogP contribution in [0.4, 0.5) is 5.69 Å². The summed E-state index contributed by atoms with van der Waals surface area (Å²) in [5, 5.41) is 20.0. The lowest BCUT2D eigenvalue weighted by Gasteiger charge is -2.21. The Morgan fingerprint density at radius 2 is 1.94 bits per heavy atom. The second-order valence-electron chi connectivity index (χ2n) is 4.76. The van der Waals surface area contributed by atoms with Crippen LogP contribution in [-0.4, -0.2) is 25.5 Å². The van der Waals surface area contributed by atoms with Crippen LogP contribution in [0.1, 0.15) is 5.56 Å². The first-order valence-electron chi connectivity index (χ1n) is 5.43. The normalized spacial score (nSPS) is 11.2. The first kappa shape index (κ1) is 14.5. The smallest absolute Gasteiger partial charge is 0.278 e. The van der Waals surface area contributed by atoms with Gasteiger partial charge in [-0.15, -0.1) is 0 Å². The molecule has 18 heavy (non-hydrogen) atoms. The molecule has 1 aromatic rings. The zero-order valence-corrected chi connectivity index (χ0v) is 11.9. The Hall–Kier alpha value is -1.60. The van der Waals surface area contributed by atoms with Crippen molar-refractivity contribution in [2.75, 3.05) is 7.11 Å². The van der Waals surface area contributed by atoms with E-state index >= 15 is 0 Å². The molecule has 0 fully saturated rings. The number of nitrogens with zero attached hydrogens (tertiary/aromatic N) is 1. The van der Waals surface area contributed by atoms with Crippen LogP contribution in [0.2, 0.25) is 19.6 Å². The number of hydrogen-bond donors (Lipinski definition) is 1. The second-order valence-corrected chi connectivity index (χ2v) is 9.19. The Kier molecular flexibility index (Phi) is 4.31. The summed E-state index contributed by atoms with van der Waals surface area (Å²) in [6, 6.07) is 2.75. The lowest BCUT2D eigenvalue weighted by molar-refractivity contribution is -0.385. The lowest BCUT2D eigenvalue weighted by Crippen LogP contribution is -2.29. The number of methoxy groups -OCH3 is 1. The fraction of sp³-hybridized carbons (Fsp3) is 0.455. The zero-order chi connectivity index (χ0) is 13.9. The minimum Gasteiger partial charge on any atom is -0.542 e. The van der Waals surface area contributed by atoms with E-state index in [2.05, 4.69) is 0 Å². The van der Waals surface area contributed by atoms with Gasteiger partial charge in [0.05, 0.1) is 30.3 Å². The largest absolute Gasteiger partial charge is 0.542 e. The number of nitro benzene ring substituents is 1. The van der Waals surface area contributed by atoms with Crippen molar-refractivity contribution in [2.24, 2.45) is 0 Å². The van der Waals surface area contributed by atoms with Crippen LogP contribution in [0.5, 0.6) is 11.5 Å². The van der Waals surface area contributed by atoms with E-state index in [1.807, 2.05) is 19.6 Å². The maximum Gasteiger partial charge on any atom is 0.278 e. The summed E-state index contributed by atoms with van der Waals surface area (Å²) in [7, 11) is -0.438. The number of ether oxygens (including phenoxy) is 1. The summed E-state index contributed by atoms with van der Waals surface area (Å²) in [6.07, 6.45) is 0. The average molecular weight is 271 g/mol. The molecule has 0 spiro atoms. The molecule has 0 amide bonds. The van der Waals surface area contributed by atoms with Crippen molar-refractivity contribution in [3.63, 3.8) is 0 Å². The molecule has 0 heterocycles. The summed E-state index contributed by atoms with van der Waals surface area (Å²) >= 11 is 0. The van der Waals surface area contributed by atoms with Crippen LogP contribution in [0.3, 0.4) is 0 Å². The highest BCUT2D eigenvalue weighted by atomic mass is 28.4. The SMILES string of the molecule is COc1cc(CO)c([N+](=O)[O-])cc1O[Si](C)(C)C. The Balaban J connectivity index is 3.32. The zero-order valence-electron chi connectivity index (χ0n) is 10.9. The molecular formula is C11H17NO5Si. The molecule has 0 aliphatic carbocycles. The predicted molar refractivity (Wildman–Crippen MR) is 69.5 cm³/mol. The van der Waals surface area contributed by atoms with Gasteiger partial charge in [-0.05, 0) is 25.7 Å². The van der Waals surface area contributed by atoms with Crippen molar-refractivity contribution in [1.82, 2.24) is 0 Å². The Labute approximate surface area is 106 Å². The van der Waals surface area contributed by atoms with Gasteiger partial charge in [-0.3, -0.25) is 10.1 Å². The van der Waals surface area contributed by atoms with Crippen LogP contribution in [0.15, 0.2) is 12.1 Å². The van der Waals surface area contributed by atoms with Crippen molar-refractivity contribution in [3.8, 4) is 11.5 Å². The molecule has 0 saturated heterocycles. The first-order valence-corrected chi connectivity index (χ1v) is 8.84. The maximum absolute atomic E-state index is 10.9. The molecular weight excluding hydrogens is 254 g/mol. The highest BCUT2D eigenvalue weighted by molar-refractivity contribution is 6.70. The summed E-state index contributed by atoms with van der Waals surface area (Å²) < 4.78 is 10.9. The number of nitro groups is 1. The van der Waals surface area contributed by atoms with Gasteiger partial charge in [0.25, 0.3) is 5.69 Å². The Morgan fingerprint density at radius 1 is 1.33 bits per heavy atom. The second kappa shape index (κ2) is 5.36. The molecule has 1 aromatic carbocycles. The topological polar surface area (TPSA) is 81.8 Å². The summed E-state index contributed by atoms with van der Waals surface area (Å²) in [6.45, 7) is 5.49. The van der Waals surface area contributed by atoms with Gasteiger partial charge in [0, 0.05) is 0 Å². The van der Waals surface area contributed by atoms with Gasteiger partial charge < -0.3 is 14.3 Å². The molecule has 0 saturated carbocycles. The fourth-order valence-corrected chi connectivity index (χ4v) is 2.28. The van der Waals surface area contributed by atoms with E-state index in [9.17, 15) is 10.1 Å². The number of aliphatic hydroxyl groups is 1. The third-order valence-electron chi connectivity index (χ3n) is 2.15. The predicted octanol–water partition coefficient (Wildman–Crippen LogP) is 2.31. The quantitative estimate of drug-likeness (QED) is 0.505. The van der Waals surface area contributed by atoms with Crippen LogP contribution >= 0.6 is 0 Å². The molecule has 0 aliphatic rings. The molecule has 0 radical (unpaired) electrons. The molecule has 0 atom stereocenters. The van der Waals surface area contributed by atoms with E-state index < -0.39 is 19.8 Å². The molecule has 0 aliphatic heterocycles. The molecule has 0 aromatic heterocycles. The van der Waals surface area contributed by atoms with Gasteiger partial charge in [0.1, 0.15) is 0 Å². The summed E-state index contributed by atoms with van der Waals surface area (Å²) in [4.78, 5) is 10.4. The van der Waals surface area contributed by atoms with E-state index in [0.717, 1.165) is 0 Å². The van der Waals surface area contributed by atoms with Gasteiger partial charge in [-0.2, -0.15) is 0 Å². The monoisotopic (exact) mass is 271 g/mol. The lowest BCUT2D eigenvalue weighted by atomic mass is 10.1. The number of hydrogen-bond acceptors (Lipinski definition) is 5. The van der Waals surface area contributed by atoms with E-state index in [4.69, 9.17) is 14.3 Å². The van der Waals surface area contributed by atoms with Crippen molar-refractivity contribution >= 4 is 14.0 Å². The minimum atomic E-state index is -1.90. The maximum atomic E-state index is 10.9. The van der Waals surface area contributed by atoms with Crippen LogP contribution in [0, 0.1) is 10.1 Å². The molecule has 1 rings (SSSR count). The standard InChI is InChI=1S/C11H17NO5Si/c1-16-10-5-8(7-13)9(12(14)15)6-11(10)17-18(2,3)4/h5-6,13H,7H2,1-4H3. The Morgan fingerprint density at radius 3 is 2.33 bits per heavy atom. The third-order valence-corrected chi connectivity index (χ3v) is 2.98. The highest BCUT2D eigenvalue weighted by Gasteiger charge is 2.23. The van der Waals surface area contributed by atoms with Crippen molar-refractivity contribution in [1.29, 1.82) is 0 Å². The number of aliphatic hydroxyl groups excluding tert-OH is 1. The highest BCUT2D eigenvalue weighted by Crippen LogP contribution is 2.36. The average Bonchev–Trinajstić information content (AvgIpc) is 2.26. The van der Waals surface area contributed by atoms with Crippen LogP contribution < -0.4 is 9.16 Å². The van der Waals surface area contributed by atoms with E-state index in [1.54, 1.807) is 0 Å². The van der Waals surface area contributed by atoms with Gasteiger partial charge in [-0.25, -0.2) is 0 Å². The van der Waals surface area contributed by atoms with Gasteiger partial charge in [-0.1, -0.05) is 0 Å². The number of benzene rings is 1. The Bertz CT molecular complexity index is 455. The molecule has 1 N–H and O–H groups in total. The van der Waals surface area contributed by atoms with Gasteiger partial charge in [0.2, 0.25) is 8.32 Å². The van der Waals surface area contributed by atoms with Crippen molar-refractivity contribution in [2.45, 2.75) is 26.2 Å². The molecule has 100 valence electrons. The molecule has 0 bridgehead atoms. The van der Waals surface area contributed by atoms with Gasteiger partial charge >= 0.3 is 0 Å². The molecule has 6 nitrogen and oxygen atoms in total. The van der Waals surface area contributed by atoms with Gasteiger partial charge in [0.15, 0.2) is 11.5 Å².